The molecule has 2 atom stereocenters. The molecule has 4 rings (SSSR count). The van der Waals surface area contributed by atoms with Gasteiger partial charge in [0.1, 0.15) is 0 Å². The molecule has 0 saturated carbocycles. The van der Waals surface area contributed by atoms with Crippen LogP contribution in [0.1, 0.15) is 29.3 Å². The van der Waals surface area contributed by atoms with Crippen molar-refractivity contribution < 1.29 is 14.6 Å². The number of aliphatic hydroxyl groups is 1. The van der Waals surface area contributed by atoms with E-state index >= 15 is 0 Å². The molecule has 27 heavy (non-hydrogen) atoms. The Labute approximate surface area is 160 Å². The summed E-state index contributed by atoms with van der Waals surface area (Å²) in [5.41, 5.74) is 4.08. The number of hydrogen-bond acceptors (Lipinski definition) is 3. The van der Waals surface area contributed by atoms with Crippen molar-refractivity contribution in [1.82, 2.24) is 4.90 Å². The number of nitrogens with zero attached hydrogens (tertiary/aromatic N) is 1. The molecule has 1 N–H and O–H groups in total. The highest BCUT2D eigenvalue weighted by atomic mass is 16.5. The lowest BCUT2D eigenvalue weighted by molar-refractivity contribution is 0.0631. The third kappa shape index (κ3) is 3.40. The second-order valence-corrected chi connectivity index (χ2v) is 7.94. The molecule has 1 amide bonds. The lowest BCUT2D eigenvalue weighted by Gasteiger charge is -2.24. The molecule has 0 aliphatic carbocycles. The molecule has 2 aliphatic heterocycles. The Morgan fingerprint density at radius 3 is 2.41 bits per heavy atom. The van der Waals surface area contributed by atoms with Crippen LogP contribution in [0.25, 0.3) is 11.1 Å². The zero-order valence-electron chi connectivity index (χ0n) is 15.9. The van der Waals surface area contributed by atoms with Gasteiger partial charge in [0.05, 0.1) is 19.8 Å². The zero-order valence-corrected chi connectivity index (χ0v) is 15.9. The van der Waals surface area contributed by atoms with Crippen LogP contribution < -0.4 is 0 Å². The van der Waals surface area contributed by atoms with Gasteiger partial charge >= 0.3 is 0 Å². The second-order valence-electron chi connectivity index (χ2n) is 7.94. The number of rotatable bonds is 5. The molecule has 0 aromatic heterocycles. The number of likely N-dealkylation sites (tertiary alicyclic amines) is 1. The number of carbonyl (C=O) groups is 1. The van der Waals surface area contributed by atoms with Gasteiger partial charge in [-0.3, -0.25) is 4.79 Å². The van der Waals surface area contributed by atoms with Gasteiger partial charge in [0.25, 0.3) is 5.91 Å². The van der Waals surface area contributed by atoms with Gasteiger partial charge in [-0.15, -0.1) is 0 Å². The van der Waals surface area contributed by atoms with Crippen LogP contribution in [0.4, 0.5) is 0 Å². The Balaban J connectivity index is 1.47. The van der Waals surface area contributed by atoms with E-state index in [9.17, 15) is 9.90 Å². The number of hydrogen-bond donors (Lipinski definition) is 1. The van der Waals surface area contributed by atoms with Crippen molar-refractivity contribution in [2.75, 3.05) is 32.9 Å². The van der Waals surface area contributed by atoms with Gasteiger partial charge in [-0.2, -0.15) is 0 Å². The smallest absolute Gasteiger partial charge is 0.253 e. The monoisotopic (exact) mass is 365 g/mol. The van der Waals surface area contributed by atoms with Crippen LogP contribution in [0.15, 0.2) is 48.5 Å². The van der Waals surface area contributed by atoms with Crippen molar-refractivity contribution >= 4 is 5.91 Å². The fourth-order valence-corrected chi connectivity index (χ4v) is 4.35. The minimum Gasteiger partial charge on any atom is -0.396 e. The number of aliphatic hydroxyl groups excluding tert-OH is 1. The quantitative estimate of drug-likeness (QED) is 0.884. The van der Waals surface area contributed by atoms with Crippen LogP contribution in [0, 0.1) is 11.3 Å². The topological polar surface area (TPSA) is 49.8 Å². The summed E-state index contributed by atoms with van der Waals surface area (Å²) in [5, 5.41) is 9.79. The molecular formula is C23H27NO3. The first-order valence-corrected chi connectivity index (χ1v) is 9.82. The van der Waals surface area contributed by atoms with Crippen LogP contribution >= 0.6 is 0 Å². The minimum atomic E-state index is -0.268. The predicted molar refractivity (Wildman–Crippen MR) is 106 cm³/mol. The van der Waals surface area contributed by atoms with Gasteiger partial charge in [0.15, 0.2) is 0 Å². The summed E-state index contributed by atoms with van der Waals surface area (Å²) < 4.78 is 5.53. The molecule has 0 bridgehead atoms. The van der Waals surface area contributed by atoms with Crippen LogP contribution in [0.2, 0.25) is 0 Å². The Morgan fingerprint density at radius 1 is 1.15 bits per heavy atom. The van der Waals surface area contributed by atoms with E-state index in [1.165, 1.54) is 11.1 Å². The highest BCUT2D eigenvalue weighted by Crippen LogP contribution is 2.41. The zero-order chi connectivity index (χ0) is 18.9. The fourth-order valence-electron chi connectivity index (χ4n) is 4.35. The summed E-state index contributed by atoms with van der Waals surface area (Å²) in [6.45, 7) is 4.69. The van der Waals surface area contributed by atoms with Crippen molar-refractivity contribution in [3.63, 3.8) is 0 Å². The largest absolute Gasteiger partial charge is 0.396 e. The Bertz CT molecular complexity index is 799. The van der Waals surface area contributed by atoms with Crippen molar-refractivity contribution in [3.05, 3.63) is 59.7 Å². The molecule has 2 heterocycles. The molecule has 0 unspecified atom stereocenters. The van der Waals surface area contributed by atoms with Crippen LogP contribution in [-0.2, 0) is 11.2 Å². The predicted octanol–water partition coefficient (Wildman–Crippen LogP) is 3.39. The molecule has 2 aliphatic rings. The van der Waals surface area contributed by atoms with Gasteiger partial charge in [0, 0.05) is 30.0 Å². The molecule has 142 valence electrons. The fraction of sp³-hybridized carbons (Fsp3) is 0.435. The Hall–Kier alpha value is -2.17. The molecule has 2 aromatic rings. The number of fused-ring (bicyclic) bond motifs is 1. The standard InChI is InChI=1S/C23H27NO3/c1-2-3-17-4-6-18(7-5-17)19-8-10-20(11-9-19)22(26)24-12-21-13-27-16-23(21,14-24)15-25/h4-11,21,25H,2-3,12-16H2,1H3/t21-,23-/m0/s1. The maximum Gasteiger partial charge on any atom is 0.253 e. The number of benzene rings is 2. The van der Waals surface area contributed by atoms with E-state index in [4.69, 9.17) is 4.74 Å². The van der Waals surface area contributed by atoms with Crippen molar-refractivity contribution in [1.29, 1.82) is 0 Å². The van der Waals surface area contributed by atoms with Gasteiger partial charge < -0.3 is 14.7 Å². The number of ether oxygens (including phenoxy) is 1. The Kier molecular flexibility index (Phi) is 5.02. The van der Waals surface area contributed by atoms with E-state index in [-0.39, 0.29) is 23.8 Å². The first-order valence-electron chi connectivity index (χ1n) is 9.82. The van der Waals surface area contributed by atoms with Crippen LogP contribution in [0.3, 0.4) is 0 Å². The van der Waals surface area contributed by atoms with Crippen molar-refractivity contribution in [2.24, 2.45) is 11.3 Å². The lowest BCUT2D eigenvalue weighted by atomic mass is 9.82. The summed E-state index contributed by atoms with van der Waals surface area (Å²) >= 11 is 0. The van der Waals surface area contributed by atoms with Gasteiger partial charge in [-0.25, -0.2) is 0 Å². The van der Waals surface area contributed by atoms with Gasteiger partial charge in [0.2, 0.25) is 0 Å². The molecule has 2 aromatic carbocycles. The van der Waals surface area contributed by atoms with Crippen molar-refractivity contribution in [2.45, 2.75) is 19.8 Å². The van der Waals surface area contributed by atoms with Gasteiger partial charge in [-0.05, 0) is 35.2 Å². The van der Waals surface area contributed by atoms with E-state index in [0.717, 1.165) is 18.4 Å². The van der Waals surface area contributed by atoms with Gasteiger partial charge in [-0.1, -0.05) is 49.7 Å². The summed E-state index contributed by atoms with van der Waals surface area (Å²) in [7, 11) is 0. The normalized spacial score (nSPS) is 24.2. The molecule has 2 saturated heterocycles. The average molecular weight is 365 g/mol. The summed E-state index contributed by atoms with van der Waals surface area (Å²) in [5.74, 6) is 0.287. The van der Waals surface area contributed by atoms with E-state index in [0.29, 0.717) is 31.9 Å². The first-order chi connectivity index (χ1) is 13.1. The lowest BCUT2D eigenvalue weighted by Crippen LogP contribution is -2.36. The van der Waals surface area contributed by atoms with E-state index in [1.54, 1.807) is 0 Å². The molecule has 0 spiro atoms. The molecular weight excluding hydrogens is 338 g/mol. The highest BCUT2D eigenvalue weighted by molar-refractivity contribution is 5.95. The summed E-state index contributed by atoms with van der Waals surface area (Å²) in [6, 6.07) is 16.5. The second kappa shape index (κ2) is 7.45. The maximum absolute atomic E-state index is 12.9. The minimum absolute atomic E-state index is 0.0436. The van der Waals surface area contributed by atoms with E-state index in [2.05, 4.69) is 31.2 Å². The highest BCUT2D eigenvalue weighted by Gasteiger charge is 2.51. The third-order valence-corrected chi connectivity index (χ3v) is 6.08. The third-order valence-electron chi connectivity index (χ3n) is 6.08. The SMILES string of the molecule is CCCc1ccc(-c2ccc(C(=O)N3C[C@H]4COC[C@@]4(CO)C3)cc2)cc1. The summed E-state index contributed by atoms with van der Waals surface area (Å²) in [6.07, 6.45) is 2.25. The number of aryl methyl sites for hydroxylation is 1. The molecule has 2 fully saturated rings. The van der Waals surface area contributed by atoms with Crippen LogP contribution in [-0.4, -0.2) is 48.8 Å². The van der Waals surface area contributed by atoms with E-state index in [1.807, 2.05) is 29.2 Å². The summed E-state index contributed by atoms with van der Waals surface area (Å²) in [4.78, 5) is 14.8. The number of amides is 1. The average Bonchev–Trinajstić information content (AvgIpc) is 3.26. The molecule has 0 radical (unpaired) electrons. The number of carbonyl (C=O) groups excluding carboxylic acids is 1. The van der Waals surface area contributed by atoms with Crippen molar-refractivity contribution in [3.8, 4) is 11.1 Å². The maximum atomic E-state index is 12.9. The first kappa shape index (κ1) is 18.2. The molecule has 4 heteroatoms. The van der Waals surface area contributed by atoms with Crippen LogP contribution in [0.5, 0.6) is 0 Å². The van der Waals surface area contributed by atoms with E-state index < -0.39 is 0 Å². The molecule has 4 nitrogen and oxygen atoms in total. The Morgan fingerprint density at radius 2 is 1.81 bits per heavy atom.